The van der Waals surface area contributed by atoms with Crippen molar-refractivity contribution in [3.05, 3.63) is 0 Å². The van der Waals surface area contributed by atoms with Crippen molar-refractivity contribution in [2.24, 2.45) is 5.92 Å². The van der Waals surface area contributed by atoms with Crippen LogP contribution >= 0.6 is 11.8 Å². The molecule has 1 amide bonds. The first-order valence-corrected chi connectivity index (χ1v) is 7.84. The van der Waals surface area contributed by atoms with Crippen LogP contribution in [0, 0.1) is 5.92 Å². The summed E-state index contributed by atoms with van der Waals surface area (Å²) in [5.74, 6) is -1.88. The van der Waals surface area contributed by atoms with E-state index >= 15 is 0 Å². The number of hydrogen-bond donors (Lipinski definition) is 1. The smallest absolute Gasteiger partial charge is 0.329 e. The molecule has 2 unspecified atom stereocenters. The molecular formula is C14H23NO6S. The number of methoxy groups -OCH3 is 1. The molecule has 0 radical (unpaired) electrons. The molecule has 22 heavy (non-hydrogen) atoms. The Kier molecular flexibility index (Phi) is 9.48. The largest absolute Gasteiger partial charge is 0.469 e. The van der Waals surface area contributed by atoms with Gasteiger partial charge in [-0.15, -0.1) is 0 Å². The third-order valence-corrected chi connectivity index (χ3v) is 3.72. The number of rotatable bonds is 8. The third kappa shape index (κ3) is 7.44. The van der Waals surface area contributed by atoms with Crippen LogP contribution in [0.25, 0.3) is 0 Å². The molecule has 0 aromatic carbocycles. The van der Waals surface area contributed by atoms with Crippen LogP contribution in [-0.4, -0.2) is 48.0 Å². The number of carbonyl (C=O) groups excluding carboxylic acids is 4. The highest BCUT2D eigenvalue weighted by Crippen LogP contribution is 2.19. The van der Waals surface area contributed by atoms with Crippen molar-refractivity contribution in [3.63, 3.8) is 0 Å². The molecule has 0 aromatic rings. The summed E-state index contributed by atoms with van der Waals surface area (Å²) in [6.07, 6.45) is -0.390. The molecule has 0 saturated carbocycles. The van der Waals surface area contributed by atoms with E-state index < -0.39 is 28.3 Å². The monoisotopic (exact) mass is 333 g/mol. The summed E-state index contributed by atoms with van der Waals surface area (Å²) >= 11 is 0.804. The Morgan fingerprint density at radius 2 is 1.73 bits per heavy atom. The molecule has 0 saturated heterocycles. The van der Waals surface area contributed by atoms with Gasteiger partial charge in [0.25, 0.3) is 0 Å². The second-order valence-corrected chi connectivity index (χ2v) is 6.28. The first-order valence-electron chi connectivity index (χ1n) is 6.96. The molecule has 126 valence electrons. The molecule has 0 aliphatic rings. The lowest BCUT2D eigenvalue weighted by molar-refractivity contribution is -0.147. The minimum atomic E-state index is -0.957. The lowest BCUT2D eigenvalue weighted by Gasteiger charge is -2.23. The topological polar surface area (TPSA) is 98.8 Å². The van der Waals surface area contributed by atoms with Crippen LogP contribution in [0.2, 0.25) is 0 Å². The average Bonchev–Trinajstić information content (AvgIpc) is 2.43. The van der Waals surface area contributed by atoms with Gasteiger partial charge in [-0.2, -0.15) is 0 Å². The van der Waals surface area contributed by atoms with E-state index in [0.717, 1.165) is 11.8 Å². The normalized spacial score (nSPS) is 13.2. The molecule has 7 nitrogen and oxygen atoms in total. The van der Waals surface area contributed by atoms with E-state index in [1.807, 2.05) is 0 Å². The number of ether oxygens (including phenoxy) is 2. The summed E-state index contributed by atoms with van der Waals surface area (Å²) in [4.78, 5) is 46.5. The molecule has 0 aliphatic carbocycles. The van der Waals surface area contributed by atoms with Crippen LogP contribution in [0.4, 0.5) is 0 Å². The summed E-state index contributed by atoms with van der Waals surface area (Å²) in [6, 6.07) is -0.957. The van der Waals surface area contributed by atoms with E-state index in [1.54, 1.807) is 27.7 Å². The van der Waals surface area contributed by atoms with Crippen molar-refractivity contribution in [2.45, 2.75) is 45.4 Å². The first kappa shape index (κ1) is 20.4. The van der Waals surface area contributed by atoms with Crippen LogP contribution in [0.1, 0.15) is 34.1 Å². The highest BCUT2D eigenvalue weighted by molar-refractivity contribution is 8.14. The molecule has 0 spiro atoms. The summed E-state index contributed by atoms with van der Waals surface area (Å²) < 4.78 is 9.33. The molecule has 0 aromatic heterocycles. The number of hydrogen-bond acceptors (Lipinski definition) is 7. The number of amides is 1. The lowest BCUT2D eigenvalue weighted by Crippen LogP contribution is -2.49. The molecule has 0 heterocycles. The molecule has 1 N–H and O–H groups in total. The number of nitrogens with one attached hydrogen (secondary N) is 1. The van der Waals surface area contributed by atoms with Gasteiger partial charge in [0.1, 0.15) is 12.5 Å². The van der Waals surface area contributed by atoms with E-state index in [1.165, 1.54) is 7.11 Å². The maximum Gasteiger partial charge on any atom is 0.329 e. The number of thioether (sulfide) groups is 1. The minimum absolute atomic E-state index is 0.167. The fourth-order valence-corrected chi connectivity index (χ4v) is 2.36. The van der Waals surface area contributed by atoms with Crippen LogP contribution in [-0.2, 0) is 28.7 Å². The van der Waals surface area contributed by atoms with Crippen LogP contribution in [0.3, 0.4) is 0 Å². The van der Waals surface area contributed by atoms with Crippen molar-refractivity contribution in [1.82, 2.24) is 5.32 Å². The van der Waals surface area contributed by atoms with Crippen molar-refractivity contribution < 1.29 is 28.7 Å². The van der Waals surface area contributed by atoms with E-state index in [-0.39, 0.29) is 24.9 Å². The average molecular weight is 333 g/mol. The predicted octanol–water partition coefficient (Wildman–Crippen LogP) is 0.902. The van der Waals surface area contributed by atoms with Gasteiger partial charge >= 0.3 is 11.9 Å². The first-order chi connectivity index (χ1) is 10.2. The fraction of sp³-hybridized carbons (Fsp3) is 0.714. The Morgan fingerprint density at radius 1 is 1.14 bits per heavy atom. The standard InChI is InChI=1S/C14H23NO6S/c1-6-21-14(19)12(15-13(18)8(2)3)9(4)22-11(17)7-10(16)20-5/h8-9,12H,6-7H2,1-5H3,(H,15,18). The maximum atomic E-state index is 11.9. The number of carbonyl (C=O) groups is 4. The summed E-state index contributed by atoms with van der Waals surface area (Å²) in [6.45, 7) is 6.82. The fourth-order valence-electron chi connectivity index (χ4n) is 1.43. The molecule has 0 bridgehead atoms. The molecule has 8 heteroatoms. The summed E-state index contributed by atoms with van der Waals surface area (Å²) in [5.41, 5.74) is 0. The molecule has 2 atom stereocenters. The van der Waals surface area contributed by atoms with Gasteiger partial charge < -0.3 is 14.8 Å². The molecule has 0 aliphatic heterocycles. The quantitative estimate of drug-likeness (QED) is 0.520. The van der Waals surface area contributed by atoms with E-state index in [0.29, 0.717) is 0 Å². The van der Waals surface area contributed by atoms with Gasteiger partial charge in [-0.05, 0) is 6.92 Å². The van der Waals surface area contributed by atoms with Crippen LogP contribution in [0.15, 0.2) is 0 Å². The van der Waals surface area contributed by atoms with Crippen LogP contribution in [0.5, 0.6) is 0 Å². The predicted molar refractivity (Wildman–Crippen MR) is 82.1 cm³/mol. The van der Waals surface area contributed by atoms with Crippen molar-refractivity contribution in [1.29, 1.82) is 0 Å². The van der Waals surface area contributed by atoms with Gasteiger partial charge in [-0.1, -0.05) is 32.5 Å². The SMILES string of the molecule is CCOC(=O)C(NC(=O)C(C)C)C(C)SC(=O)CC(=O)OC. The lowest BCUT2D eigenvalue weighted by atomic mass is 10.1. The zero-order valence-electron chi connectivity index (χ0n) is 13.5. The van der Waals surface area contributed by atoms with Crippen molar-refractivity contribution in [3.8, 4) is 0 Å². The Hall–Kier alpha value is -1.57. The highest BCUT2D eigenvalue weighted by Gasteiger charge is 2.31. The Labute approximate surface area is 134 Å². The Bertz CT molecular complexity index is 424. The van der Waals surface area contributed by atoms with Gasteiger partial charge in [0.05, 0.1) is 13.7 Å². The van der Waals surface area contributed by atoms with E-state index in [9.17, 15) is 19.2 Å². The zero-order chi connectivity index (χ0) is 17.3. The maximum absolute atomic E-state index is 11.9. The van der Waals surface area contributed by atoms with Gasteiger partial charge in [0.2, 0.25) is 5.91 Å². The van der Waals surface area contributed by atoms with Gasteiger partial charge in [-0.25, -0.2) is 4.79 Å². The second kappa shape index (κ2) is 10.2. The highest BCUT2D eigenvalue weighted by atomic mass is 32.2. The van der Waals surface area contributed by atoms with Crippen molar-refractivity contribution in [2.75, 3.05) is 13.7 Å². The van der Waals surface area contributed by atoms with Gasteiger partial charge in [0.15, 0.2) is 5.12 Å². The Morgan fingerprint density at radius 3 is 2.18 bits per heavy atom. The number of esters is 2. The van der Waals surface area contributed by atoms with Gasteiger partial charge in [0, 0.05) is 11.2 Å². The molecule has 0 fully saturated rings. The summed E-state index contributed by atoms with van der Waals surface area (Å²) in [5, 5.41) is 1.56. The minimum Gasteiger partial charge on any atom is -0.469 e. The van der Waals surface area contributed by atoms with E-state index in [4.69, 9.17) is 4.74 Å². The van der Waals surface area contributed by atoms with Crippen LogP contribution < -0.4 is 5.32 Å². The summed E-state index contributed by atoms with van der Waals surface area (Å²) in [7, 11) is 1.19. The van der Waals surface area contributed by atoms with Gasteiger partial charge in [-0.3, -0.25) is 14.4 Å². The Balaban J connectivity index is 4.84. The van der Waals surface area contributed by atoms with E-state index in [2.05, 4.69) is 10.1 Å². The third-order valence-electron chi connectivity index (χ3n) is 2.67. The zero-order valence-corrected chi connectivity index (χ0v) is 14.3. The van der Waals surface area contributed by atoms with Crippen molar-refractivity contribution >= 4 is 34.7 Å². The molecular weight excluding hydrogens is 310 g/mol. The second-order valence-electron chi connectivity index (χ2n) is 4.84. The molecule has 0 rings (SSSR count).